The average molecular weight is 232 g/mol. The van der Waals surface area contributed by atoms with E-state index in [-0.39, 0.29) is 0 Å². The van der Waals surface area contributed by atoms with Gasteiger partial charge in [0, 0.05) is 0 Å². The average Bonchev–Trinajstić information content (AvgIpc) is 2.97. The maximum absolute atomic E-state index is 2.44. The molecule has 1 rings (SSSR count). The van der Waals surface area contributed by atoms with Gasteiger partial charge >= 0.3 is 0 Å². The second-order valence-electron chi connectivity index (χ2n) is 5.52. The van der Waals surface area contributed by atoms with Crippen molar-refractivity contribution in [2.75, 3.05) is 0 Å². The van der Waals surface area contributed by atoms with Crippen molar-refractivity contribution in [2.45, 2.75) is 59.8 Å². The summed E-state index contributed by atoms with van der Waals surface area (Å²) in [5, 5.41) is 0. The Morgan fingerprint density at radius 1 is 1.24 bits per heavy atom. The highest BCUT2D eigenvalue weighted by atomic mass is 14.3. The topological polar surface area (TPSA) is 0 Å². The molecule has 0 heterocycles. The second kappa shape index (κ2) is 7.53. The summed E-state index contributed by atoms with van der Waals surface area (Å²) in [7, 11) is 0. The largest absolute Gasteiger partial charge is 0.0885 e. The standard InChI is InChI=1S/C17H28/c1-5-6-7-8-9-10-11-16(14(2)3)13-17-12-15(17)4/h7-8,11,13-15H,5-6,9-10,12H2,1-4H3. The molecule has 1 aliphatic carbocycles. The Morgan fingerprint density at radius 2 is 1.88 bits per heavy atom. The van der Waals surface area contributed by atoms with Gasteiger partial charge in [-0.25, -0.2) is 0 Å². The third-order valence-corrected chi connectivity index (χ3v) is 3.37. The molecule has 1 unspecified atom stereocenters. The highest BCUT2D eigenvalue weighted by Crippen LogP contribution is 2.38. The normalized spacial score (nSPS) is 23.0. The molecule has 96 valence electrons. The van der Waals surface area contributed by atoms with Gasteiger partial charge in [0.15, 0.2) is 0 Å². The third kappa shape index (κ3) is 5.91. The van der Waals surface area contributed by atoms with Gasteiger partial charge in [0.1, 0.15) is 0 Å². The van der Waals surface area contributed by atoms with Crippen molar-refractivity contribution in [3.63, 3.8) is 0 Å². The summed E-state index contributed by atoms with van der Waals surface area (Å²) in [6.45, 7) is 9.13. The van der Waals surface area contributed by atoms with E-state index in [0.29, 0.717) is 5.92 Å². The first-order valence-electron chi connectivity index (χ1n) is 7.20. The van der Waals surface area contributed by atoms with Crippen LogP contribution in [-0.2, 0) is 0 Å². The van der Waals surface area contributed by atoms with E-state index in [1.54, 1.807) is 5.57 Å². The van der Waals surface area contributed by atoms with Crippen LogP contribution < -0.4 is 0 Å². The monoisotopic (exact) mass is 232 g/mol. The van der Waals surface area contributed by atoms with Gasteiger partial charge in [0.25, 0.3) is 0 Å². The lowest BCUT2D eigenvalue weighted by molar-refractivity contribution is 0.781. The van der Waals surface area contributed by atoms with E-state index in [1.165, 1.54) is 37.7 Å². The minimum atomic E-state index is 0.662. The Bertz CT molecular complexity index is 302. The van der Waals surface area contributed by atoms with Gasteiger partial charge in [0.2, 0.25) is 0 Å². The SMILES string of the molecule is CCCC=CCCC=C(C=C1CC1C)C(C)C. The maximum Gasteiger partial charge on any atom is -0.0191 e. The minimum Gasteiger partial charge on any atom is -0.0885 e. The summed E-state index contributed by atoms with van der Waals surface area (Å²) < 4.78 is 0. The van der Waals surface area contributed by atoms with Gasteiger partial charge < -0.3 is 0 Å². The van der Waals surface area contributed by atoms with Crippen molar-refractivity contribution in [1.82, 2.24) is 0 Å². The molecule has 17 heavy (non-hydrogen) atoms. The molecule has 1 fully saturated rings. The Balaban J connectivity index is 2.37. The van der Waals surface area contributed by atoms with Crippen LogP contribution in [0.1, 0.15) is 59.8 Å². The minimum absolute atomic E-state index is 0.662. The zero-order chi connectivity index (χ0) is 12.7. The highest BCUT2D eigenvalue weighted by Gasteiger charge is 2.23. The van der Waals surface area contributed by atoms with Crippen molar-refractivity contribution >= 4 is 0 Å². The quantitative estimate of drug-likeness (QED) is 0.392. The summed E-state index contributed by atoms with van der Waals surface area (Å²) in [5.41, 5.74) is 3.18. The number of allylic oxidation sites excluding steroid dienone is 6. The van der Waals surface area contributed by atoms with Crippen molar-refractivity contribution in [1.29, 1.82) is 0 Å². The summed E-state index contributed by atoms with van der Waals surface area (Å²) >= 11 is 0. The van der Waals surface area contributed by atoms with Crippen LogP contribution >= 0.6 is 0 Å². The third-order valence-electron chi connectivity index (χ3n) is 3.37. The molecule has 0 aromatic rings. The molecule has 0 aliphatic heterocycles. The molecule has 1 aliphatic rings. The predicted molar refractivity (Wildman–Crippen MR) is 78.1 cm³/mol. The van der Waals surface area contributed by atoms with Gasteiger partial charge in [0.05, 0.1) is 0 Å². The molecule has 0 nitrogen and oxygen atoms in total. The number of hydrogen-bond acceptors (Lipinski definition) is 0. The molecular weight excluding hydrogens is 204 g/mol. The van der Waals surface area contributed by atoms with E-state index in [1.807, 2.05) is 0 Å². The Hall–Kier alpha value is -0.780. The lowest BCUT2D eigenvalue weighted by atomic mass is 10.0. The van der Waals surface area contributed by atoms with E-state index >= 15 is 0 Å². The lowest BCUT2D eigenvalue weighted by Crippen LogP contribution is -1.90. The molecule has 0 amide bonds. The van der Waals surface area contributed by atoms with E-state index in [9.17, 15) is 0 Å². The molecule has 0 radical (unpaired) electrons. The van der Waals surface area contributed by atoms with E-state index in [4.69, 9.17) is 0 Å². The first kappa shape index (κ1) is 14.3. The molecular formula is C17H28. The Labute approximate surface area is 108 Å². The van der Waals surface area contributed by atoms with Crippen LogP contribution in [0.25, 0.3) is 0 Å². The smallest absolute Gasteiger partial charge is 0.0191 e. The van der Waals surface area contributed by atoms with Crippen LogP contribution in [0.4, 0.5) is 0 Å². The maximum atomic E-state index is 2.44. The van der Waals surface area contributed by atoms with Gasteiger partial charge in [-0.2, -0.15) is 0 Å². The molecule has 1 saturated carbocycles. The fourth-order valence-corrected chi connectivity index (χ4v) is 1.92. The van der Waals surface area contributed by atoms with Crippen molar-refractivity contribution < 1.29 is 0 Å². The van der Waals surface area contributed by atoms with Crippen molar-refractivity contribution in [3.8, 4) is 0 Å². The van der Waals surface area contributed by atoms with Crippen LogP contribution in [0, 0.1) is 11.8 Å². The molecule has 0 heteroatoms. The van der Waals surface area contributed by atoms with Gasteiger partial charge in [-0.3, -0.25) is 0 Å². The summed E-state index contributed by atoms with van der Waals surface area (Å²) in [5.74, 6) is 1.51. The van der Waals surface area contributed by atoms with Crippen molar-refractivity contribution in [3.05, 3.63) is 35.5 Å². The van der Waals surface area contributed by atoms with Crippen LogP contribution in [-0.4, -0.2) is 0 Å². The summed E-state index contributed by atoms with van der Waals surface area (Å²) in [4.78, 5) is 0. The van der Waals surface area contributed by atoms with Gasteiger partial charge in [-0.05, 0) is 43.1 Å². The molecule has 0 N–H and O–H groups in total. The van der Waals surface area contributed by atoms with Crippen molar-refractivity contribution in [2.24, 2.45) is 11.8 Å². The van der Waals surface area contributed by atoms with E-state index in [0.717, 1.165) is 5.92 Å². The fraction of sp³-hybridized carbons (Fsp3) is 0.647. The fourth-order valence-electron chi connectivity index (χ4n) is 1.92. The van der Waals surface area contributed by atoms with Crippen LogP contribution in [0.3, 0.4) is 0 Å². The predicted octanol–water partition coefficient (Wildman–Crippen LogP) is 5.67. The lowest BCUT2D eigenvalue weighted by Gasteiger charge is -2.06. The number of rotatable bonds is 7. The summed E-state index contributed by atoms with van der Waals surface area (Å²) in [6, 6.07) is 0. The van der Waals surface area contributed by atoms with E-state index in [2.05, 4.69) is 52.0 Å². The molecule has 0 spiro atoms. The van der Waals surface area contributed by atoms with Crippen LogP contribution in [0.2, 0.25) is 0 Å². The summed E-state index contributed by atoms with van der Waals surface area (Å²) in [6.07, 6.45) is 15.7. The first-order chi connectivity index (χ1) is 8.15. The first-order valence-corrected chi connectivity index (χ1v) is 7.20. The Morgan fingerprint density at radius 3 is 2.41 bits per heavy atom. The molecule has 0 bridgehead atoms. The second-order valence-corrected chi connectivity index (χ2v) is 5.52. The molecule has 1 atom stereocenters. The number of hydrogen-bond donors (Lipinski definition) is 0. The zero-order valence-corrected chi connectivity index (χ0v) is 12.0. The van der Waals surface area contributed by atoms with Crippen LogP contribution in [0.15, 0.2) is 35.5 Å². The molecule has 0 aromatic carbocycles. The highest BCUT2D eigenvalue weighted by molar-refractivity contribution is 5.33. The number of unbranched alkanes of at least 4 members (excludes halogenated alkanes) is 2. The van der Waals surface area contributed by atoms with Gasteiger partial charge in [-0.1, -0.05) is 64.0 Å². The molecule has 0 aromatic heterocycles. The zero-order valence-electron chi connectivity index (χ0n) is 12.0. The molecule has 0 saturated heterocycles. The van der Waals surface area contributed by atoms with Crippen LogP contribution in [0.5, 0.6) is 0 Å². The Kier molecular flexibility index (Phi) is 6.32. The van der Waals surface area contributed by atoms with E-state index < -0.39 is 0 Å². The van der Waals surface area contributed by atoms with Gasteiger partial charge in [-0.15, -0.1) is 0 Å².